The fourth-order valence-electron chi connectivity index (χ4n) is 2.57. The number of nitrogens with zero attached hydrogens (tertiary/aromatic N) is 2. The van der Waals surface area contributed by atoms with Crippen molar-refractivity contribution in [1.82, 2.24) is 10.2 Å². The van der Waals surface area contributed by atoms with Gasteiger partial charge in [-0.3, -0.25) is 15.0 Å². The Morgan fingerprint density at radius 1 is 1.55 bits per heavy atom. The number of hydrogen-bond acceptors (Lipinski definition) is 4. The van der Waals surface area contributed by atoms with Crippen LogP contribution in [-0.4, -0.2) is 36.0 Å². The Morgan fingerprint density at radius 2 is 2.30 bits per heavy atom. The molecule has 1 atom stereocenters. The van der Waals surface area contributed by atoms with Gasteiger partial charge in [0.25, 0.3) is 5.69 Å². The number of nitro benzene ring substituents is 1. The zero-order chi connectivity index (χ0) is 13.8. The summed E-state index contributed by atoms with van der Waals surface area (Å²) in [5.74, 6) is -0.496. The van der Waals surface area contributed by atoms with Crippen molar-refractivity contribution in [3.63, 3.8) is 0 Å². The summed E-state index contributed by atoms with van der Waals surface area (Å²) in [5, 5.41) is 13.7. The highest BCUT2D eigenvalue weighted by Crippen LogP contribution is 2.23. The maximum absolute atomic E-state index is 13.8. The molecule has 2 rings (SSSR count). The highest BCUT2D eigenvalue weighted by atomic mass is 35.5. The molecular weight excluding hydrogens is 285 g/mol. The Balaban J connectivity index is 0.00000200. The van der Waals surface area contributed by atoms with Gasteiger partial charge in [0, 0.05) is 30.8 Å². The molecule has 1 fully saturated rings. The Bertz CT molecular complexity index is 473. The first-order valence-electron chi connectivity index (χ1n) is 6.43. The SMILES string of the molecule is CNCC1CCCN1Cc1ccc([N+](=O)[O-])cc1F.Cl. The van der Waals surface area contributed by atoms with Gasteiger partial charge in [0.1, 0.15) is 5.82 Å². The second kappa shape index (κ2) is 7.52. The maximum Gasteiger partial charge on any atom is 0.272 e. The van der Waals surface area contributed by atoms with E-state index in [0.717, 1.165) is 32.0 Å². The summed E-state index contributed by atoms with van der Waals surface area (Å²) in [6, 6.07) is 4.29. The maximum atomic E-state index is 13.8. The Morgan fingerprint density at radius 3 is 2.90 bits per heavy atom. The fraction of sp³-hybridized carbons (Fsp3) is 0.538. The molecule has 1 N–H and O–H groups in total. The molecule has 0 amide bonds. The van der Waals surface area contributed by atoms with E-state index in [1.54, 1.807) is 0 Å². The molecule has 1 aromatic rings. The van der Waals surface area contributed by atoms with Crippen LogP contribution in [0.4, 0.5) is 10.1 Å². The first-order chi connectivity index (χ1) is 9.11. The fourth-order valence-corrected chi connectivity index (χ4v) is 2.57. The molecule has 0 aliphatic carbocycles. The lowest BCUT2D eigenvalue weighted by Crippen LogP contribution is -2.36. The summed E-state index contributed by atoms with van der Waals surface area (Å²) in [5.41, 5.74) is 0.322. The smallest absolute Gasteiger partial charge is 0.272 e. The number of likely N-dealkylation sites (tertiary alicyclic amines) is 1. The van der Waals surface area contributed by atoms with E-state index in [1.807, 2.05) is 7.05 Å². The Hall–Kier alpha value is -1.24. The normalized spacial score (nSPS) is 18.8. The first kappa shape index (κ1) is 16.8. The van der Waals surface area contributed by atoms with E-state index in [1.165, 1.54) is 12.1 Å². The highest BCUT2D eigenvalue weighted by molar-refractivity contribution is 5.85. The molecule has 1 aromatic carbocycles. The van der Waals surface area contributed by atoms with Gasteiger partial charge in [-0.05, 0) is 32.5 Å². The van der Waals surface area contributed by atoms with Crippen molar-refractivity contribution < 1.29 is 9.31 Å². The molecule has 7 heteroatoms. The highest BCUT2D eigenvalue weighted by Gasteiger charge is 2.24. The monoisotopic (exact) mass is 303 g/mol. The van der Waals surface area contributed by atoms with Crippen LogP contribution in [0.3, 0.4) is 0 Å². The standard InChI is InChI=1S/C13H18FN3O2.ClH/c1-15-8-12-3-2-6-16(12)9-10-4-5-11(17(18)19)7-13(10)14;/h4-5,7,12,15H,2-3,6,8-9H2,1H3;1H. The van der Waals surface area contributed by atoms with Crippen molar-refractivity contribution in [2.45, 2.75) is 25.4 Å². The third-order valence-corrected chi connectivity index (χ3v) is 3.56. The van der Waals surface area contributed by atoms with Gasteiger partial charge in [0.05, 0.1) is 11.0 Å². The topological polar surface area (TPSA) is 58.4 Å². The van der Waals surface area contributed by atoms with Crippen molar-refractivity contribution in [2.24, 2.45) is 0 Å². The first-order valence-corrected chi connectivity index (χ1v) is 6.43. The molecule has 1 heterocycles. The number of nitrogens with one attached hydrogen (secondary N) is 1. The van der Waals surface area contributed by atoms with E-state index in [9.17, 15) is 14.5 Å². The molecule has 0 radical (unpaired) electrons. The molecule has 1 aliphatic heterocycles. The second-order valence-electron chi connectivity index (χ2n) is 4.86. The van der Waals surface area contributed by atoms with E-state index in [-0.39, 0.29) is 18.1 Å². The second-order valence-corrected chi connectivity index (χ2v) is 4.86. The quantitative estimate of drug-likeness (QED) is 0.670. The summed E-state index contributed by atoms with van der Waals surface area (Å²) < 4.78 is 13.8. The van der Waals surface area contributed by atoms with Crippen LogP contribution < -0.4 is 5.32 Å². The van der Waals surface area contributed by atoms with Crippen LogP contribution in [-0.2, 0) is 6.54 Å². The van der Waals surface area contributed by atoms with E-state index in [4.69, 9.17) is 0 Å². The minimum Gasteiger partial charge on any atom is -0.318 e. The minimum atomic E-state index is -0.577. The third-order valence-electron chi connectivity index (χ3n) is 3.56. The van der Waals surface area contributed by atoms with Crippen LogP contribution in [0.5, 0.6) is 0 Å². The molecule has 1 saturated heterocycles. The summed E-state index contributed by atoms with van der Waals surface area (Å²) >= 11 is 0. The average Bonchev–Trinajstić information content (AvgIpc) is 2.79. The molecule has 1 aliphatic rings. The van der Waals surface area contributed by atoms with Crippen molar-refractivity contribution in [1.29, 1.82) is 0 Å². The molecule has 0 saturated carbocycles. The average molecular weight is 304 g/mol. The number of non-ortho nitro benzene ring substituents is 1. The zero-order valence-electron chi connectivity index (χ0n) is 11.3. The van der Waals surface area contributed by atoms with Gasteiger partial charge in [0.15, 0.2) is 0 Å². The van der Waals surface area contributed by atoms with Gasteiger partial charge in [0.2, 0.25) is 0 Å². The van der Waals surface area contributed by atoms with Crippen LogP contribution in [0.1, 0.15) is 18.4 Å². The largest absolute Gasteiger partial charge is 0.318 e. The van der Waals surface area contributed by atoms with Crippen molar-refractivity contribution in [2.75, 3.05) is 20.1 Å². The van der Waals surface area contributed by atoms with Crippen LogP contribution in [0.25, 0.3) is 0 Å². The van der Waals surface area contributed by atoms with Gasteiger partial charge in [-0.1, -0.05) is 0 Å². The van der Waals surface area contributed by atoms with Gasteiger partial charge in [-0.2, -0.15) is 0 Å². The Kier molecular flexibility index (Phi) is 6.32. The van der Waals surface area contributed by atoms with E-state index < -0.39 is 10.7 Å². The molecule has 0 bridgehead atoms. The lowest BCUT2D eigenvalue weighted by atomic mass is 10.1. The summed E-state index contributed by atoms with van der Waals surface area (Å²) in [7, 11) is 1.91. The van der Waals surface area contributed by atoms with Crippen molar-refractivity contribution in [3.8, 4) is 0 Å². The molecular formula is C13H19ClFN3O2. The van der Waals surface area contributed by atoms with Crippen molar-refractivity contribution in [3.05, 3.63) is 39.7 Å². The number of hydrogen-bond donors (Lipinski definition) is 1. The number of nitro groups is 1. The van der Waals surface area contributed by atoms with Crippen LogP contribution in [0.15, 0.2) is 18.2 Å². The number of benzene rings is 1. The van der Waals surface area contributed by atoms with Crippen LogP contribution >= 0.6 is 12.4 Å². The van der Waals surface area contributed by atoms with Crippen LogP contribution in [0, 0.1) is 15.9 Å². The summed E-state index contributed by atoms with van der Waals surface area (Å²) in [6.45, 7) is 2.34. The van der Waals surface area contributed by atoms with Gasteiger partial charge < -0.3 is 5.32 Å². The molecule has 5 nitrogen and oxygen atoms in total. The predicted molar refractivity (Wildman–Crippen MR) is 77.7 cm³/mol. The predicted octanol–water partition coefficient (Wildman–Crippen LogP) is 2.34. The van der Waals surface area contributed by atoms with E-state index in [0.29, 0.717) is 18.2 Å². The number of likely N-dealkylation sites (N-methyl/N-ethyl adjacent to an activating group) is 1. The van der Waals surface area contributed by atoms with Crippen LogP contribution in [0.2, 0.25) is 0 Å². The van der Waals surface area contributed by atoms with E-state index >= 15 is 0 Å². The lowest BCUT2D eigenvalue weighted by Gasteiger charge is -2.24. The van der Waals surface area contributed by atoms with E-state index in [2.05, 4.69) is 10.2 Å². The molecule has 112 valence electrons. The zero-order valence-corrected chi connectivity index (χ0v) is 12.2. The van der Waals surface area contributed by atoms with Crippen molar-refractivity contribution >= 4 is 18.1 Å². The molecule has 0 aromatic heterocycles. The Labute approximate surface area is 123 Å². The van der Waals surface area contributed by atoms with Gasteiger partial charge >= 0.3 is 0 Å². The number of rotatable bonds is 5. The van der Waals surface area contributed by atoms with Gasteiger partial charge in [-0.15, -0.1) is 12.4 Å². The minimum absolute atomic E-state index is 0. The molecule has 20 heavy (non-hydrogen) atoms. The molecule has 0 spiro atoms. The summed E-state index contributed by atoms with van der Waals surface area (Å²) in [4.78, 5) is 12.2. The lowest BCUT2D eigenvalue weighted by molar-refractivity contribution is -0.385. The third kappa shape index (κ3) is 3.88. The number of halogens is 2. The molecule has 1 unspecified atom stereocenters. The summed E-state index contributed by atoms with van der Waals surface area (Å²) in [6.07, 6.45) is 2.22. The van der Waals surface area contributed by atoms with Gasteiger partial charge in [-0.25, -0.2) is 4.39 Å².